The van der Waals surface area contributed by atoms with Gasteiger partial charge in [0.2, 0.25) is 0 Å². The van der Waals surface area contributed by atoms with Crippen LogP contribution in [0.5, 0.6) is 5.75 Å². The molecule has 0 aliphatic heterocycles. The summed E-state index contributed by atoms with van der Waals surface area (Å²) in [5.74, 6) is -0.352. The van der Waals surface area contributed by atoms with Gasteiger partial charge in [-0.3, -0.25) is 20.4 Å². The molecule has 0 unspecified atom stereocenters. The quantitative estimate of drug-likeness (QED) is 0.846. The van der Waals surface area contributed by atoms with Gasteiger partial charge in [-0.25, -0.2) is 0 Å². The Labute approximate surface area is 139 Å². The fourth-order valence-corrected chi connectivity index (χ4v) is 2.26. The first kappa shape index (κ1) is 16.8. The van der Waals surface area contributed by atoms with Gasteiger partial charge in [0.15, 0.2) is 6.61 Å². The van der Waals surface area contributed by atoms with Crippen LogP contribution < -0.4 is 15.6 Å². The van der Waals surface area contributed by atoms with Gasteiger partial charge in [-0.05, 0) is 49.2 Å². The molecule has 0 bridgehead atoms. The van der Waals surface area contributed by atoms with Gasteiger partial charge >= 0.3 is 0 Å². The zero-order valence-electron chi connectivity index (χ0n) is 12.9. The Hall–Kier alpha value is -2.53. The lowest BCUT2D eigenvalue weighted by Gasteiger charge is -2.10. The van der Waals surface area contributed by atoms with Gasteiger partial charge in [0.25, 0.3) is 11.8 Å². The van der Waals surface area contributed by atoms with Crippen molar-refractivity contribution in [1.82, 2.24) is 10.9 Å². The summed E-state index contributed by atoms with van der Waals surface area (Å²) in [7, 11) is 0. The predicted octanol–water partition coefficient (Wildman–Crippen LogP) is 2.80. The summed E-state index contributed by atoms with van der Waals surface area (Å²) in [6.07, 6.45) is 0. The summed E-state index contributed by atoms with van der Waals surface area (Å²) >= 11 is 5.91. The number of nitrogens with one attached hydrogen (secondary N) is 2. The maximum absolute atomic E-state index is 11.9. The second-order valence-electron chi connectivity index (χ2n) is 5.09. The number of hydrogen-bond donors (Lipinski definition) is 2. The van der Waals surface area contributed by atoms with E-state index >= 15 is 0 Å². The number of carbonyl (C=O) groups is 2. The number of rotatable bonds is 4. The van der Waals surface area contributed by atoms with Crippen molar-refractivity contribution >= 4 is 23.4 Å². The second-order valence-corrected chi connectivity index (χ2v) is 5.50. The van der Waals surface area contributed by atoms with Gasteiger partial charge in [0.05, 0.1) is 10.6 Å². The number of hydrazine groups is 1. The Bertz CT molecular complexity index is 711. The summed E-state index contributed by atoms with van der Waals surface area (Å²) in [5.41, 5.74) is 6.96. The summed E-state index contributed by atoms with van der Waals surface area (Å²) in [6.45, 7) is 3.69. The van der Waals surface area contributed by atoms with E-state index in [0.717, 1.165) is 11.1 Å². The largest absolute Gasteiger partial charge is 0.484 e. The number of halogens is 1. The highest BCUT2D eigenvalue weighted by atomic mass is 35.5. The van der Waals surface area contributed by atoms with Crippen molar-refractivity contribution in [2.45, 2.75) is 13.8 Å². The lowest BCUT2D eigenvalue weighted by atomic mass is 10.1. The molecular formula is C17H17ClN2O3. The predicted molar refractivity (Wildman–Crippen MR) is 88.5 cm³/mol. The van der Waals surface area contributed by atoms with Crippen LogP contribution >= 0.6 is 11.6 Å². The maximum Gasteiger partial charge on any atom is 0.276 e. The van der Waals surface area contributed by atoms with E-state index in [1.807, 2.05) is 32.0 Å². The normalized spacial score (nSPS) is 10.0. The number of amides is 2. The molecule has 2 amide bonds. The third kappa shape index (κ3) is 5.00. The molecule has 0 aliphatic carbocycles. The smallest absolute Gasteiger partial charge is 0.276 e. The molecule has 2 aromatic carbocycles. The van der Waals surface area contributed by atoms with Gasteiger partial charge in [0, 0.05) is 0 Å². The molecule has 0 aromatic heterocycles. The first-order valence-corrected chi connectivity index (χ1v) is 7.38. The standard InChI is InChI=1S/C17H17ClN2O3/c1-11-7-12(2)9-13(8-11)23-10-16(21)19-20-17(22)14-5-3-4-6-15(14)18/h3-9H,10H2,1-2H3,(H,19,21)(H,20,22). The van der Waals surface area contributed by atoms with E-state index in [0.29, 0.717) is 10.8 Å². The minimum Gasteiger partial charge on any atom is -0.484 e. The summed E-state index contributed by atoms with van der Waals surface area (Å²) < 4.78 is 5.40. The van der Waals surface area contributed by atoms with Crippen molar-refractivity contribution in [3.05, 3.63) is 64.2 Å². The molecule has 0 atom stereocenters. The highest BCUT2D eigenvalue weighted by Gasteiger charge is 2.10. The van der Waals surface area contributed by atoms with E-state index in [2.05, 4.69) is 10.9 Å². The van der Waals surface area contributed by atoms with Crippen LogP contribution in [0.15, 0.2) is 42.5 Å². The summed E-state index contributed by atoms with van der Waals surface area (Å²) in [6, 6.07) is 12.3. The number of carbonyl (C=O) groups excluding carboxylic acids is 2. The van der Waals surface area contributed by atoms with Gasteiger partial charge in [0.1, 0.15) is 5.75 Å². The Balaban J connectivity index is 1.83. The van der Waals surface area contributed by atoms with Gasteiger partial charge < -0.3 is 4.74 Å². The molecule has 2 rings (SSSR count). The van der Waals surface area contributed by atoms with E-state index < -0.39 is 11.8 Å². The maximum atomic E-state index is 11.9. The molecule has 0 radical (unpaired) electrons. The zero-order chi connectivity index (χ0) is 16.8. The molecule has 23 heavy (non-hydrogen) atoms. The Morgan fingerprint density at radius 2 is 1.70 bits per heavy atom. The molecule has 0 saturated heterocycles. The van der Waals surface area contributed by atoms with Crippen LogP contribution in [0.4, 0.5) is 0 Å². The molecule has 5 nitrogen and oxygen atoms in total. The van der Waals surface area contributed by atoms with Crippen LogP contribution in [0.2, 0.25) is 5.02 Å². The number of benzene rings is 2. The molecule has 0 heterocycles. The van der Waals surface area contributed by atoms with Crippen LogP contribution in [0.3, 0.4) is 0 Å². The van der Waals surface area contributed by atoms with Crippen LogP contribution in [0.1, 0.15) is 21.5 Å². The van der Waals surface area contributed by atoms with Crippen molar-refractivity contribution in [3.63, 3.8) is 0 Å². The Morgan fingerprint density at radius 1 is 1.04 bits per heavy atom. The van der Waals surface area contributed by atoms with E-state index in [1.54, 1.807) is 24.3 Å². The fraction of sp³-hybridized carbons (Fsp3) is 0.176. The third-order valence-electron chi connectivity index (χ3n) is 3.00. The van der Waals surface area contributed by atoms with Crippen molar-refractivity contribution < 1.29 is 14.3 Å². The molecule has 6 heteroatoms. The van der Waals surface area contributed by atoms with Crippen molar-refractivity contribution in [3.8, 4) is 5.75 Å². The highest BCUT2D eigenvalue weighted by molar-refractivity contribution is 6.33. The Morgan fingerprint density at radius 3 is 2.35 bits per heavy atom. The first-order chi connectivity index (χ1) is 11.0. The van der Waals surface area contributed by atoms with Gasteiger partial charge in [-0.15, -0.1) is 0 Å². The lowest BCUT2D eigenvalue weighted by molar-refractivity contribution is -0.123. The molecular weight excluding hydrogens is 316 g/mol. The molecule has 120 valence electrons. The van der Waals surface area contributed by atoms with Crippen molar-refractivity contribution in [2.24, 2.45) is 0 Å². The van der Waals surface area contributed by atoms with E-state index in [4.69, 9.17) is 16.3 Å². The van der Waals surface area contributed by atoms with E-state index in [1.165, 1.54) is 0 Å². The fourth-order valence-electron chi connectivity index (χ4n) is 2.04. The summed E-state index contributed by atoms with van der Waals surface area (Å²) in [4.78, 5) is 23.6. The van der Waals surface area contributed by atoms with Crippen LogP contribution in [0, 0.1) is 13.8 Å². The minimum absolute atomic E-state index is 0.203. The molecule has 0 aliphatic rings. The van der Waals surface area contributed by atoms with Crippen LogP contribution in [-0.4, -0.2) is 18.4 Å². The zero-order valence-corrected chi connectivity index (χ0v) is 13.6. The topological polar surface area (TPSA) is 67.4 Å². The average Bonchev–Trinajstić information content (AvgIpc) is 2.50. The highest BCUT2D eigenvalue weighted by Crippen LogP contribution is 2.16. The molecule has 2 aromatic rings. The SMILES string of the molecule is Cc1cc(C)cc(OCC(=O)NNC(=O)c2ccccc2Cl)c1. The molecule has 0 fully saturated rings. The van der Waals surface area contributed by atoms with Gasteiger partial charge in [-0.2, -0.15) is 0 Å². The number of ether oxygens (including phenoxy) is 1. The Kier molecular flexibility index (Phi) is 5.60. The average molecular weight is 333 g/mol. The molecule has 0 spiro atoms. The van der Waals surface area contributed by atoms with Gasteiger partial charge in [-0.1, -0.05) is 29.8 Å². The number of aryl methyl sites for hydroxylation is 2. The number of hydrogen-bond acceptors (Lipinski definition) is 3. The molecule has 0 saturated carbocycles. The second kappa shape index (κ2) is 7.65. The van der Waals surface area contributed by atoms with E-state index in [-0.39, 0.29) is 12.2 Å². The van der Waals surface area contributed by atoms with E-state index in [9.17, 15) is 9.59 Å². The summed E-state index contributed by atoms with van der Waals surface area (Å²) in [5, 5.41) is 0.311. The van der Waals surface area contributed by atoms with Crippen LogP contribution in [0.25, 0.3) is 0 Å². The minimum atomic E-state index is -0.490. The third-order valence-corrected chi connectivity index (χ3v) is 3.33. The lowest BCUT2D eigenvalue weighted by Crippen LogP contribution is -2.43. The van der Waals surface area contributed by atoms with Crippen molar-refractivity contribution in [1.29, 1.82) is 0 Å². The molecule has 2 N–H and O–H groups in total. The van der Waals surface area contributed by atoms with Crippen molar-refractivity contribution in [2.75, 3.05) is 6.61 Å². The van der Waals surface area contributed by atoms with Crippen LogP contribution in [-0.2, 0) is 4.79 Å². The monoisotopic (exact) mass is 332 g/mol. The first-order valence-electron chi connectivity index (χ1n) is 7.00.